The van der Waals surface area contributed by atoms with Crippen molar-refractivity contribution < 1.29 is 9.59 Å². The normalized spacial score (nSPS) is 28.7. The fraction of sp³-hybridized carbons (Fsp3) is 0.882. The standard InChI is InChI=1S/C17H29N3O2/c1-14-13-18-9-12-20(14)16(22)15(21)19-10-7-17(8-11-19)5-3-2-4-6-17/h14,18H,2-13H2,1H3/t14-/m1/s1. The lowest BCUT2D eigenvalue weighted by Gasteiger charge is -2.44. The van der Waals surface area contributed by atoms with Crippen molar-refractivity contribution in [1.29, 1.82) is 0 Å². The van der Waals surface area contributed by atoms with Crippen molar-refractivity contribution in [2.45, 2.75) is 57.9 Å². The summed E-state index contributed by atoms with van der Waals surface area (Å²) in [6.45, 7) is 5.75. The lowest BCUT2D eigenvalue weighted by Crippen LogP contribution is -2.57. The molecular weight excluding hydrogens is 278 g/mol. The Morgan fingerprint density at radius 1 is 0.955 bits per heavy atom. The highest BCUT2D eigenvalue weighted by atomic mass is 16.2. The van der Waals surface area contributed by atoms with Crippen LogP contribution in [-0.4, -0.2) is 60.4 Å². The van der Waals surface area contributed by atoms with Crippen LogP contribution in [0.2, 0.25) is 0 Å². The molecule has 0 unspecified atom stereocenters. The van der Waals surface area contributed by atoms with E-state index in [4.69, 9.17) is 0 Å². The number of likely N-dealkylation sites (tertiary alicyclic amines) is 1. The molecule has 3 fully saturated rings. The number of piperazine rings is 1. The SMILES string of the molecule is C[C@@H]1CNCCN1C(=O)C(=O)N1CCC2(CCCCC2)CC1. The predicted molar refractivity (Wildman–Crippen MR) is 85.4 cm³/mol. The van der Waals surface area contributed by atoms with Crippen molar-refractivity contribution in [3.05, 3.63) is 0 Å². The van der Waals surface area contributed by atoms with Crippen LogP contribution in [0.25, 0.3) is 0 Å². The van der Waals surface area contributed by atoms with Gasteiger partial charge in [0.1, 0.15) is 0 Å². The van der Waals surface area contributed by atoms with Crippen molar-refractivity contribution in [2.75, 3.05) is 32.7 Å². The smallest absolute Gasteiger partial charge is 0.312 e. The van der Waals surface area contributed by atoms with Crippen LogP contribution in [0, 0.1) is 5.41 Å². The van der Waals surface area contributed by atoms with Crippen molar-refractivity contribution in [3.63, 3.8) is 0 Å². The van der Waals surface area contributed by atoms with E-state index < -0.39 is 0 Å². The lowest BCUT2D eigenvalue weighted by molar-refractivity contribution is -0.155. The van der Waals surface area contributed by atoms with Gasteiger partial charge >= 0.3 is 11.8 Å². The van der Waals surface area contributed by atoms with Gasteiger partial charge in [-0.15, -0.1) is 0 Å². The number of carbonyl (C=O) groups excluding carboxylic acids is 2. The Morgan fingerprint density at radius 3 is 2.27 bits per heavy atom. The molecule has 2 heterocycles. The summed E-state index contributed by atoms with van der Waals surface area (Å²) >= 11 is 0. The number of nitrogens with one attached hydrogen (secondary N) is 1. The number of amides is 2. The van der Waals surface area contributed by atoms with Gasteiger partial charge in [-0.05, 0) is 38.0 Å². The Hall–Kier alpha value is -1.10. The largest absolute Gasteiger partial charge is 0.334 e. The third-order valence-electron chi connectivity index (χ3n) is 5.97. The zero-order valence-electron chi connectivity index (χ0n) is 13.8. The molecule has 1 N–H and O–H groups in total. The second-order valence-electron chi connectivity index (χ2n) is 7.40. The van der Waals surface area contributed by atoms with Crippen LogP contribution in [0.3, 0.4) is 0 Å². The van der Waals surface area contributed by atoms with Crippen LogP contribution in [0.4, 0.5) is 0 Å². The highest BCUT2D eigenvalue weighted by molar-refractivity contribution is 6.35. The minimum absolute atomic E-state index is 0.111. The first-order valence-corrected chi connectivity index (χ1v) is 8.92. The van der Waals surface area contributed by atoms with Crippen molar-refractivity contribution in [3.8, 4) is 0 Å². The molecule has 22 heavy (non-hydrogen) atoms. The zero-order chi connectivity index (χ0) is 15.6. The first-order chi connectivity index (χ1) is 10.6. The van der Waals surface area contributed by atoms with Crippen LogP contribution in [-0.2, 0) is 9.59 Å². The van der Waals surface area contributed by atoms with E-state index in [-0.39, 0.29) is 17.9 Å². The molecular formula is C17H29N3O2. The van der Waals surface area contributed by atoms with E-state index in [0.29, 0.717) is 12.0 Å². The molecule has 3 rings (SSSR count). The molecule has 0 aromatic heterocycles. The van der Waals surface area contributed by atoms with Gasteiger partial charge in [0.25, 0.3) is 0 Å². The summed E-state index contributed by atoms with van der Waals surface area (Å²) in [5, 5.41) is 3.26. The van der Waals surface area contributed by atoms with E-state index in [9.17, 15) is 9.59 Å². The van der Waals surface area contributed by atoms with Gasteiger partial charge in [0.15, 0.2) is 0 Å². The second-order valence-corrected chi connectivity index (χ2v) is 7.40. The van der Waals surface area contributed by atoms with Gasteiger partial charge in [0.2, 0.25) is 0 Å². The first-order valence-electron chi connectivity index (χ1n) is 8.92. The van der Waals surface area contributed by atoms with Gasteiger partial charge in [-0.2, -0.15) is 0 Å². The molecule has 0 bridgehead atoms. The first kappa shape index (κ1) is 15.8. The fourth-order valence-electron chi connectivity index (χ4n) is 4.39. The monoisotopic (exact) mass is 307 g/mol. The Morgan fingerprint density at radius 2 is 1.64 bits per heavy atom. The Bertz CT molecular complexity index is 422. The molecule has 2 aliphatic heterocycles. The topological polar surface area (TPSA) is 52.7 Å². The maximum atomic E-state index is 12.5. The molecule has 2 amide bonds. The molecule has 124 valence electrons. The summed E-state index contributed by atoms with van der Waals surface area (Å²) in [5.74, 6) is -0.576. The molecule has 0 aromatic rings. The molecule has 5 nitrogen and oxygen atoms in total. The second kappa shape index (κ2) is 6.57. The fourth-order valence-corrected chi connectivity index (χ4v) is 4.39. The number of hydrogen-bond donors (Lipinski definition) is 1. The molecule has 1 saturated carbocycles. The molecule has 1 aliphatic carbocycles. The average Bonchev–Trinajstić information content (AvgIpc) is 2.55. The summed E-state index contributed by atoms with van der Waals surface area (Å²) < 4.78 is 0. The van der Waals surface area contributed by atoms with E-state index in [2.05, 4.69) is 5.32 Å². The maximum absolute atomic E-state index is 12.5. The summed E-state index contributed by atoms with van der Waals surface area (Å²) in [4.78, 5) is 28.6. The van der Waals surface area contributed by atoms with Gasteiger partial charge in [0, 0.05) is 38.8 Å². The molecule has 0 radical (unpaired) electrons. The lowest BCUT2D eigenvalue weighted by atomic mass is 9.68. The molecule has 1 atom stereocenters. The van der Waals surface area contributed by atoms with Crippen molar-refractivity contribution >= 4 is 11.8 Å². The molecule has 0 aromatic carbocycles. The van der Waals surface area contributed by atoms with Crippen LogP contribution >= 0.6 is 0 Å². The van der Waals surface area contributed by atoms with E-state index in [1.165, 1.54) is 32.1 Å². The number of nitrogens with zero attached hydrogens (tertiary/aromatic N) is 2. The zero-order valence-corrected chi connectivity index (χ0v) is 13.8. The van der Waals surface area contributed by atoms with Gasteiger partial charge < -0.3 is 15.1 Å². The summed E-state index contributed by atoms with van der Waals surface area (Å²) in [5.41, 5.74) is 0.473. The third-order valence-corrected chi connectivity index (χ3v) is 5.97. The minimum atomic E-state index is -0.298. The Balaban J connectivity index is 1.56. The quantitative estimate of drug-likeness (QED) is 0.688. The average molecular weight is 307 g/mol. The van der Waals surface area contributed by atoms with E-state index in [0.717, 1.165) is 39.0 Å². The Labute approximate surface area is 133 Å². The molecule has 5 heteroatoms. The number of carbonyl (C=O) groups is 2. The summed E-state index contributed by atoms with van der Waals surface area (Å²) in [6.07, 6.45) is 8.85. The van der Waals surface area contributed by atoms with Gasteiger partial charge in [-0.1, -0.05) is 19.3 Å². The highest BCUT2D eigenvalue weighted by Gasteiger charge is 2.39. The number of piperidine rings is 1. The van der Waals surface area contributed by atoms with Crippen LogP contribution in [0.5, 0.6) is 0 Å². The van der Waals surface area contributed by atoms with E-state index >= 15 is 0 Å². The van der Waals surface area contributed by atoms with E-state index in [1.54, 1.807) is 9.80 Å². The number of hydrogen-bond acceptors (Lipinski definition) is 3. The minimum Gasteiger partial charge on any atom is -0.334 e. The Kier molecular flexibility index (Phi) is 4.71. The van der Waals surface area contributed by atoms with E-state index in [1.807, 2.05) is 6.92 Å². The number of rotatable bonds is 0. The van der Waals surface area contributed by atoms with Crippen molar-refractivity contribution in [1.82, 2.24) is 15.1 Å². The molecule has 1 spiro atoms. The van der Waals surface area contributed by atoms with Crippen LogP contribution in [0.15, 0.2) is 0 Å². The highest BCUT2D eigenvalue weighted by Crippen LogP contribution is 2.44. The third kappa shape index (κ3) is 3.14. The van der Waals surface area contributed by atoms with Crippen LogP contribution in [0.1, 0.15) is 51.9 Å². The van der Waals surface area contributed by atoms with Gasteiger partial charge in [-0.3, -0.25) is 9.59 Å². The van der Waals surface area contributed by atoms with Gasteiger partial charge in [0.05, 0.1) is 0 Å². The van der Waals surface area contributed by atoms with Crippen LogP contribution < -0.4 is 5.32 Å². The summed E-state index contributed by atoms with van der Waals surface area (Å²) in [6, 6.07) is 0.111. The maximum Gasteiger partial charge on any atom is 0.312 e. The van der Waals surface area contributed by atoms with Gasteiger partial charge in [-0.25, -0.2) is 0 Å². The molecule has 3 aliphatic rings. The molecule has 2 saturated heterocycles. The van der Waals surface area contributed by atoms with Crippen molar-refractivity contribution in [2.24, 2.45) is 5.41 Å². The predicted octanol–water partition coefficient (Wildman–Crippen LogP) is 1.38. The summed E-state index contributed by atoms with van der Waals surface area (Å²) in [7, 11) is 0.